The van der Waals surface area contributed by atoms with Gasteiger partial charge in [0.2, 0.25) is 0 Å². The summed E-state index contributed by atoms with van der Waals surface area (Å²) in [5.41, 5.74) is 5.47. The van der Waals surface area contributed by atoms with Gasteiger partial charge < -0.3 is 15.5 Å². The van der Waals surface area contributed by atoms with Crippen molar-refractivity contribution in [2.45, 2.75) is 19.4 Å². The molecule has 12 heavy (non-hydrogen) atoms. The molecule has 1 rings (SSSR count). The Hall–Kier alpha value is -1.52. The van der Waals surface area contributed by atoms with Gasteiger partial charge >= 0.3 is 0 Å². The van der Waals surface area contributed by atoms with Gasteiger partial charge in [-0.05, 0) is 6.42 Å². The molecule has 0 fully saturated rings. The van der Waals surface area contributed by atoms with Gasteiger partial charge in [-0.2, -0.15) is 0 Å². The van der Waals surface area contributed by atoms with Crippen molar-refractivity contribution in [1.82, 2.24) is 9.55 Å². The second kappa shape index (κ2) is 3.75. The lowest BCUT2D eigenvalue weighted by Gasteiger charge is -2.13. The van der Waals surface area contributed by atoms with E-state index in [4.69, 9.17) is 10.9 Å². The highest BCUT2D eigenvalue weighted by Gasteiger charge is 2.12. The van der Waals surface area contributed by atoms with Crippen molar-refractivity contribution in [2.75, 3.05) is 0 Å². The van der Waals surface area contributed by atoms with Crippen LogP contribution < -0.4 is 5.73 Å². The fourth-order valence-electron chi connectivity index (χ4n) is 1.09. The van der Waals surface area contributed by atoms with Crippen LogP contribution in [0, 0.1) is 0 Å². The standard InChI is InChI=1S/C7H12N4O/c1-2-6(7(8)10-12)11-4-3-9-5-11/h3-6,12H,2H2,1H3,(H2,8,10). The predicted molar refractivity (Wildman–Crippen MR) is 45.0 cm³/mol. The third kappa shape index (κ3) is 1.55. The van der Waals surface area contributed by atoms with Gasteiger partial charge in [0.05, 0.1) is 12.4 Å². The molecule has 0 aliphatic heterocycles. The topological polar surface area (TPSA) is 76.4 Å². The van der Waals surface area contributed by atoms with Crippen molar-refractivity contribution in [3.63, 3.8) is 0 Å². The largest absolute Gasteiger partial charge is 0.409 e. The highest BCUT2D eigenvalue weighted by molar-refractivity contribution is 5.83. The molecule has 0 aliphatic rings. The average molecular weight is 168 g/mol. The van der Waals surface area contributed by atoms with Crippen LogP contribution in [0.1, 0.15) is 19.4 Å². The van der Waals surface area contributed by atoms with Crippen molar-refractivity contribution in [3.05, 3.63) is 18.7 Å². The molecule has 66 valence electrons. The number of nitrogens with two attached hydrogens (primary N) is 1. The molecule has 0 saturated heterocycles. The van der Waals surface area contributed by atoms with E-state index in [2.05, 4.69) is 10.1 Å². The first kappa shape index (κ1) is 8.58. The van der Waals surface area contributed by atoms with Crippen molar-refractivity contribution >= 4 is 5.84 Å². The predicted octanol–water partition coefficient (Wildman–Crippen LogP) is 0.581. The Morgan fingerprint density at radius 1 is 1.83 bits per heavy atom. The smallest absolute Gasteiger partial charge is 0.162 e. The summed E-state index contributed by atoms with van der Waals surface area (Å²) < 4.78 is 1.80. The van der Waals surface area contributed by atoms with E-state index in [-0.39, 0.29) is 11.9 Å². The number of hydrogen-bond acceptors (Lipinski definition) is 3. The molecule has 0 radical (unpaired) electrons. The van der Waals surface area contributed by atoms with Crippen LogP contribution in [0.2, 0.25) is 0 Å². The monoisotopic (exact) mass is 168 g/mol. The van der Waals surface area contributed by atoms with Gasteiger partial charge in [0.15, 0.2) is 5.84 Å². The van der Waals surface area contributed by atoms with Crippen LogP contribution in [-0.4, -0.2) is 20.6 Å². The molecule has 0 amide bonds. The van der Waals surface area contributed by atoms with E-state index in [1.807, 2.05) is 6.92 Å². The average Bonchev–Trinajstić information content (AvgIpc) is 2.58. The molecule has 0 saturated carbocycles. The molecule has 5 heteroatoms. The summed E-state index contributed by atoms with van der Waals surface area (Å²) in [6.45, 7) is 1.96. The Morgan fingerprint density at radius 2 is 2.58 bits per heavy atom. The summed E-state index contributed by atoms with van der Waals surface area (Å²) in [5, 5.41) is 11.4. The van der Waals surface area contributed by atoms with Crippen molar-refractivity contribution in [1.29, 1.82) is 0 Å². The fourth-order valence-corrected chi connectivity index (χ4v) is 1.09. The lowest BCUT2D eigenvalue weighted by Crippen LogP contribution is -2.25. The van der Waals surface area contributed by atoms with Gasteiger partial charge in [-0.1, -0.05) is 12.1 Å². The van der Waals surface area contributed by atoms with Crippen LogP contribution in [-0.2, 0) is 0 Å². The lowest BCUT2D eigenvalue weighted by atomic mass is 10.2. The minimum atomic E-state index is -0.0995. The summed E-state index contributed by atoms with van der Waals surface area (Å²) in [5.74, 6) is 0.204. The van der Waals surface area contributed by atoms with E-state index in [0.717, 1.165) is 6.42 Å². The van der Waals surface area contributed by atoms with Crippen molar-refractivity contribution < 1.29 is 5.21 Å². The molecule has 0 aromatic carbocycles. The van der Waals surface area contributed by atoms with Gasteiger partial charge in [0, 0.05) is 12.4 Å². The second-order valence-corrected chi connectivity index (χ2v) is 2.46. The van der Waals surface area contributed by atoms with Crippen LogP contribution >= 0.6 is 0 Å². The first-order valence-electron chi connectivity index (χ1n) is 3.74. The molecule has 1 unspecified atom stereocenters. The molecule has 0 bridgehead atoms. The zero-order chi connectivity index (χ0) is 8.97. The molecular formula is C7H12N4O. The van der Waals surface area contributed by atoms with E-state index in [1.54, 1.807) is 23.3 Å². The Morgan fingerprint density at radius 3 is 3.00 bits per heavy atom. The van der Waals surface area contributed by atoms with E-state index in [1.165, 1.54) is 0 Å². The maximum Gasteiger partial charge on any atom is 0.162 e. The van der Waals surface area contributed by atoms with E-state index < -0.39 is 0 Å². The summed E-state index contributed by atoms with van der Waals surface area (Å²) >= 11 is 0. The van der Waals surface area contributed by atoms with E-state index in [0.29, 0.717) is 0 Å². The quantitative estimate of drug-likeness (QED) is 0.300. The maximum atomic E-state index is 8.46. The molecule has 1 atom stereocenters. The minimum absolute atomic E-state index is 0.0995. The number of nitrogens with zero attached hydrogens (tertiary/aromatic N) is 3. The first-order chi connectivity index (χ1) is 5.79. The Kier molecular flexibility index (Phi) is 2.68. The number of oxime groups is 1. The van der Waals surface area contributed by atoms with E-state index in [9.17, 15) is 0 Å². The summed E-state index contributed by atoms with van der Waals surface area (Å²) in [4.78, 5) is 3.88. The van der Waals surface area contributed by atoms with Crippen LogP contribution in [0.25, 0.3) is 0 Å². The van der Waals surface area contributed by atoms with Crippen LogP contribution in [0.5, 0.6) is 0 Å². The van der Waals surface area contributed by atoms with Crippen LogP contribution in [0.4, 0.5) is 0 Å². The van der Waals surface area contributed by atoms with E-state index >= 15 is 0 Å². The molecular weight excluding hydrogens is 156 g/mol. The Labute approximate surface area is 70.5 Å². The molecule has 1 heterocycles. The van der Waals surface area contributed by atoms with Crippen molar-refractivity contribution in [2.24, 2.45) is 10.9 Å². The van der Waals surface area contributed by atoms with Crippen molar-refractivity contribution in [3.8, 4) is 0 Å². The summed E-state index contributed by atoms with van der Waals surface area (Å²) in [6.07, 6.45) is 5.86. The van der Waals surface area contributed by atoms with Gasteiger partial charge in [-0.3, -0.25) is 0 Å². The SMILES string of the molecule is CCC(/C(N)=N/O)n1ccnc1. The number of hydrogen-bond donors (Lipinski definition) is 2. The number of imidazole rings is 1. The fraction of sp³-hybridized carbons (Fsp3) is 0.429. The Bertz CT molecular complexity index is 254. The zero-order valence-corrected chi connectivity index (χ0v) is 6.88. The number of amidine groups is 1. The third-order valence-electron chi connectivity index (χ3n) is 1.73. The number of rotatable bonds is 3. The molecule has 3 N–H and O–H groups in total. The molecule has 5 nitrogen and oxygen atoms in total. The van der Waals surface area contributed by atoms with Gasteiger partial charge in [0.25, 0.3) is 0 Å². The zero-order valence-electron chi connectivity index (χ0n) is 6.88. The summed E-state index contributed by atoms with van der Waals surface area (Å²) in [7, 11) is 0. The Balaban J connectivity index is 2.84. The maximum absolute atomic E-state index is 8.46. The first-order valence-corrected chi connectivity index (χ1v) is 3.74. The van der Waals surface area contributed by atoms with Gasteiger partial charge in [-0.15, -0.1) is 0 Å². The lowest BCUT2D eigenvalue weighted by molar-refractivity contribution is 0.313. The van der Waals surface area contributed by atoms with Crippen LogP contribution in [0.3, 0.4) is 0 Å². The second-order valence-electron chi connectivity index (χ2n) is 2.46. The molecule has 0 aliphatic carbocycles. The molecule has 0 spiro atoms. The molecule has 1 aromatic rings. The highest BCUT2D eigenvalue weighted by atomic mass is 16.4. The summed E-state index contributed by atoms with van der Waals surface area (Å²) in [6, 6.07) is -0.0995. The highest BCUT2D eigenvalue weighted by Crippen LogP contribution is 2.09. The number of aromatic nitrogens is 2. The normalized spacial score (nSPS) is 14.6. The minimum Gasteiger partial charge on any atom is -0.409 e. The van der Waals surface area contributed by atoms with Gasteiger partial charge in [0.1, 0.15) is 0 Å². The molecule has 1 aromatic heterocycles. The van der Waals surface area contributed by atoms with Gasteiger partial charge in [-0.25, -0.2) is 4.98 Å². The van der Waals surface area contributed by atoms with Crippen LogP contribution in [0.15, 0.2) is 23.9 Å². The third-order valence-corrected chi connectivity index (χ3v) is 1.73.